The number of amides is 2. The number of hydrogen-bond donors (Lipinski definition) is 1. The number of carbonyl (C=O) groups is 2. The van der Waals surface area contributed by atoms with Crippen LogP contribution in [0.5, 0.6) is 5.75 Å². The molecular weight excluding hydrogens is 678 g/mol. The number of ether oxygens (including phenoxy) is 1. The summed E-state index contributed by atoms with van der Waals surface area (Å²) in [5.74, 6) is -0.0783. The summed E-state index contributed by atoms with van der Waals surface area (Å²) in [4.78, 5) is 30.0. The van der Waals surface area contributed by atoms with Crippen molar-refractivity contribution in [3.63, 3.8) is 0 Å². The molecule has 8 nitrogen and oxygen atoms in total. The van der Waals surface area contributed by atoms with Gasteiger partial charge in [-0.25, -0.2) is 8.42 Å². The first-order valence-corrected chi connectivity index (χ1v) is 17.9. The number of nitrogens with zero attached hydrogens (tertiary/aromatic N) is 2. The third-order valence-corrected chi connectivity index (χ3v) is 9.80. The summed E-state index contributed by atoms with van der Waals surface area (Å²) < 4.78 is 36.0. The van der Waals surface area contributed by atoms with Crippen molar-refractivity contribution in [3.05, 3.63) is 124 Å². The van der Waals surface area contributed by atoms with Crippen LogP contribution in [0.3, 0.4) is 0 Å². The summed E-state index contributed by atoms with van der Waals surface area (Å²) in [5.41, 5.74) is 2.95. The fourth-order valence-corrected chi connectivity index (χ4v) is 6.91. The van der Waals surface area contributed by atoms with E-state index in [1.165, 1.54) is 17.0 Å². The summed E-state index contributed by atoms with van der Waals surface area (Å²) >= 11 is 3.51. The van der Waals surface area contributed by atoms with Crippen LogP contribution >= 0.6 is 15.9 Å². The molecule has 4 aromatic rings. The number of halogens is 1. The minimum atomic E-state index is -4.21. The van der Waals surface area contributed by atoms with Crippen LogP contribution in [0.4, 0.5) is 5.69 Å². The molecule has 0 aliphatic carbocycles. The average Bonchev–Trinajstić information content (AvgIpc) is 3.05. The van der Waals surface area contributed by atoms with E-state index in [4.69, 9.17) is 4.74 Å². The number of hydrogen-bond acceptors (Lipinski definition) is 5. The zero-order valence-corrected chi connectivity index (χ0v) is 29.6. The van der Waals surface area contributed by atoms with Gasteiger partial charge in [-0.2, -0.15) is 0 Å². The highest BCUT2D eigenvalue weighted by atomic mass is 79.9. The maximum atomic E-state index is 14.6. The predicted octanol–water partition coefficient (Wildman–Crippen LogP) is 6.76. The van der Waals surface area contributed by atoms with E-state index >= 15 is 0 Å². The number of anilines is 1. The Labute approximate surface area is 286 Å². The molecule has 1 unspecified atom stereocenters. The second-order valence-electron chi connectivity index (χ2n) is 11.7. The molecule has 10 heteroatoms. The van der Waals surface area contributed by atoms with Crippen LogP contribution in [0.1, 0.15) is 37.5 Å². The molecule has 0 aromatic heterocycles. The third kappa shape index (κ3) is 9.92. The van der Waals surface area contributed by atoms with Gasteiger partial charge in [0.25, 0.3) is 10.0 Å². The largest absolute Gasteiger partial charge is 0.494 e. The Kier molecular flexibility index (Phi) is 12.6. The van der Waals surface area contributed by atoms with Gasteiger partial charge in [-0.3, -0.25) is 13.9 Å². The van der Waals surface area contributed by atoms with Gasteiger partial charge in [-0.1, -0.05) is 89.9 Å². The average molecular weight is 721 g/mol. The minimum absolute atomic E-state index is 0.0170. The van der Waals surface area contributed by atoms with E-state index in [2.05, 4.69) is 21.2 Å². The SMILES string of the molecule is CCOc1ccc(S(=O)(=O)N(CC(=O)N(Cc2cccc(Br)c2)C(Cc2ccccc2)C(=O)NCC(C)C)c2ccc(C)cc2)cc1. The Bertz CT molecular complexity index is 1730. The van der Waals surface area contributed by atoms with E-state index in [1.807, 2.05) is 82.3 Å². The van der Waals surface area contributed by atoms with E-state index in [1.54, 1.807) is 36.4 Å². The minimum Gasteiger partial charge on any atom is -0.494 e. The first-order valence-electron chi connectivity index (χ1n) is 15.7. The first-order chi connectivity index (χ1) is 22.5. The van der Waals surface area contributed by atoms with Gasteiger partial charge < -0.3 is 15.0 Å². The van der Waals surface area contributed by atoms with Gasteiger partial charge in [0.05, 0.1) is 17.2 Å². The molecule has 0 saturated heterocycles. The number of benzene rings is 4. The topological polar surface area (TPSA) is 96.0 Å². The zero-order valence-electron chi connectivity index (χ0n) is 27.2. The van der Waals surface area contributed by atoms with Gasteiger partial charge in [-0.15, -0.1) is 0 Å². The molecule has 0 heterocycles. The van der Waals surface area contributed by atoms with E-state index in [-0.39, 0.29) is 29.7 Å². The lowest BCUT2D eigenvalue weighted by molar-refractivity contribution is -0.140. The molecule has 0 fully saturated rings. The molecule has 0 aliphatic heterocycles. The van der Waals surface area contributed by atoms with Crippen molar-refractivity contribution >= 4 is 43.5 Å². The molecule has 0 bridgehead atoms. The molecule has 0 aliphatic rings. The third-order valence-electron chi connectivity index (χ3n) is 7.52. The molecule has 1 atom stereocenters. The van der Waals surface area contributed by atoms with Crippen LogP contribution in [0.2, 0.25) is 0 Å². The highest BCUT2D eigenvalue weighted by Crippen LogP contribution is 2.27. The number of aryl methyl sites for hydroxylation is 1. The molecule has 0 saturated carbocycles. The fraction of sp³-hybridized carbons (Fsp3) is 0.297. The van der Waals surface area contributed by atoms with E-state index < -0.39 is 28.5 Å². The van der Waals surface area contributed by atoms with Crippen LogP contribution in [-0.2, 0) is 32.6 Å². The van der Waals surface area contributed by atoms with E-state index in [0.29, 0.717) is 24.6 Å². The predicted molar refractivity (Wildman–Crippen MR) is 190 cm³/mol. The Balaban J connectivity index is 1.79. The van der Waals surface area contributed by atoms with Crippen LogP contribution < -0.4 is 14.4 Å². The molecule has 4 aromatic carbocycles. The molecule has 2 amide bonds. The lowest BCUT2D eigenvalue weighted by atomic mass is 10.0. The summed E-state index contributed by atoms with van der Waals surface area (Å²) in [6, 6.07) is 29.2. The summed E-state index contributed by atoms with van der Waals surface area (Å²) in [6.45, 7) is 8.21. The van der Waals surface area contributed by atoms with Crippen LogP contribution in [-0.4, -0.2) is 50.9 Å². The molecule has 0 radical (unpaired) electrons. The lowest BCUT2D eigenvalue weighted by Gasteiger charge is -2.34. The Hall–Kier alpha value is -4.15. The number of rotatable bonds is 15. The molecule has 248 valence electrons. The standard InChI is InChI=1S/C37H42BrN3O5S/c1-5-46-33-18-20-34(21-19-33)47(44,45)41(32-16-14-28(4)15-17-32)26-36(42)40(25-30-12-9-13-31(38)22-30)35(37(43)39-24-27(2)3)23-29-10-7-6-8-11-29/h6-22,27,35H,5,23-26H2,1-4H3,(H,39,43). The van der Waals surface area contributed by atoms with E-state index in [0.717, 1.165) is 25.5 Å². The summed E-state index contributed by atoms with van der Waals surface area (Å²) in [7, 11) is -4.21. The molecule has 1 N–H and O–H groups in total. The van der Waals surface area contributed by atoms with Crippen molar-refractivity contribution in [2.24, 2.45) is 5.92 Å². The fourth-order valence-electron chi connectivity index (χ4n) is 5.05. The highest BCUT2D eigenvalue weighted by molar-refractivity contribution is 9.10. The molecule has 4 rings (SSSR count). The summed E-state index contributed by atoms with van der Waals surface area (Å²) in [6.07, 6.45) is 0.251. The normalized spacial score (nSPS) is 12.0. The number of sulfonamides is 1. The van der Waals surface area contributed by atoms with Crippen LogP contribution in [0.15, 0.2) is 112 Å². The lowest BCUT2D eigenvalue weighted by Crippen LogP contribution is -2.53. The van der Waals surface area contributed by atoms with Crippen molar-refractivity contribution in [2.75, 3.05) is 24.0 Å². The smallest absolute Gasteiger partial charge is 0.264 e. The van der Waals surface area contributed by atoms with Crippen molar-refractivity contribution in [3.8, 4) is 5.75 Å². The second kappa shape index (κ2) is 16.6. The van der Waals surface area contributed by atoms with Gasteiger partial charge >= 0.3 is 0 Å². The zero-order chi connectivity index (χ0) is 34.0. The van der Waals surface area contributed by atoms with Crippen LogP contribution in [0, 0.1) is 12.8 Å². The monoisotopic (exact) mass is 719 g/mol. The maximum Gasteiger partial charge on any atom is 0.264 e. The maximum absolute atomic E-state index is 14.6. The van der Waals surface area contributed by atoms with Crippen LogP contribution in [0.25, 0.3) is 0 Å². The van der Waals surface area contributed by atoms with Gasteiger partial charge in [-0.05, 0) is 79.4 Å². The molecular formula is C37H42BrN3O5S. The molecule has 47 heavy (non-hydrogen) atoms. The van der Waals surface area contributed by atoms with Crippen molar-refractivity contribution in [1.82, 2.24) is 10.2 Å². The second-order valence-corrected chi connectivity index (χ2v) is 14.5. The Morgan fingerprint density at radius 1 is 0.872 bits per heavy atom. The van der Waals surface area contributed by atoms with Crippen molar-refractivity contribution in [2.45, 2.75) is 51.6 Å². The Morgan fingerprint density at radius 3 is 2.15 bits per heavy atom. The van der Waals surface area contributed by atoms with Gasteiger partial charge in [0.1, 0.15) is 18.3 Å². The summed E-state index contributed by atoms with van der Waals surface area (Å²) in [5, 5.41) is 3.01. The van der Waals surface area contributed by atoms with E-state index in [9.17, 15) is 18.0 Å². The Morgan fingerprint density at radius 2 is 1.53 bits per heavy atom. The molecule has 0 spiro atoms. The van der Waals surface area contributed by atoms with Crippen molar-refractivity contribution < 1.29 is 22.7 Å². The highest BCUT2D eigenvalue weighted by Gasteiger charge is 2.34. The number of nitrogens with one attached hydrogen (secondary N) is 1. The first kappa shape index (κ1) is 35.7. The van der Waals surface area contributed by atoms with Gasteiger partial charge in [0, 0.05) is 24.0 Å². The van der Waals surface area contributed by atoms with Crippen molar-refractivity contribution in [1.29, 1.82) is 0 Å². The van der Waals surface area contributed by atoms with Gasteiger partial charge in [0.15, 0.2) is 0 Å². The quantitative estimate of drug-likeness (QED) is 0.147. The van der Waals surface area contributed by atoms with Gasteiger partial charge in [0.2, 0.25) is 11.8 Å². The number of carbonyl (C=O) groups excluding carboxylic acids is 2.